The zero-order valence-corrected chi connectivity index (χ0v) is 12.1. The first kappa shape index (κ1) is 15.5. The molecule has 1 atom stereocenters. The number of hydrogen-bond donors (Lipinski definition) is 1. The van der Waals surface area contributed by atoms with Gasteiger partial charge in [-0.2, -0.15) is 0 Å². The fraction of sp³-hybridized carbons (Fsp3) is 0.533. The summed E-state index contributed by atoms with van der Waals surface area (Å²) in [6.07, 6.45) is 0.0843. The molecule has 0 fully saturated rings. The van der Waals surface area contributed by atoms with Gasteiger partial charge in [-0.1, -0.05) is 26.0 Å². The Kier molecular flexibility index (Phi) is 5.36. The highest BCUT2D eigenvalue weighted by molar-refractivity contribution is 5.69. The number of carboxylic acids is 1. The lowest BCUT2D eigenvalue weighted by molar-refractivity contribution is -0.140. The second kappa shape index (κ2) is 6.57. The van der Waals surface area contributed by atoms with Gasteiger partial charge in [0.2, 0.25) is 0 Å². The highest BCUT2D eigenvalue weighted by Gasteiger charge is 2.34. The first-order valence-corrected chi connectivity index (χ1v) is 6.59. The Bertz CT molecular complexity index is 412. The van der Waals surface area contributed by atoms with Gasteiger partial charge < -0.3 is 9.84 Å². The van der Waals surface area contributed by atoms with Crippen molar-refractivity contribution in [1.29, 1.82) is 0 Å². The van der Waals surface area contributed by atoms with Crippen molar-refractivity contribution in [3.05, 3.63) is 29.8 Å². The van der Waals surface area contributed by atoms with E-state index in [2.05, 4.69) is 4.90 Å². The van der Waals surface area contributed by atoms with Crippen LogP contribution in [0.5, 0.6) is 5.75 Å². The van der Waals surface area contributed by atoms with Crippen LogP contribution in [0.2, 0.25) is 0 Å². The van der Waals surface area contributed by atoms with Gasteiger partial charge in [0, 0.05) is 0 Å². The number of hydrogen-bond acceptors (Lipinski definition) is 3. The zero-order valence-electron chi connectivity index (χ0n) is 12.1. The van der Waals surface area contributed by atoms with E-state index >= 15 is 0 Å². The molecule has 0 spiro atoms. The van der Waals surface area contributed by atoms with Crippen molar-refractivity contribution in [3.63, 3.8) is 0 Å². The Hall–Kier alpha value is -1.55. The maximum atomic E-state index is 11.2. The van der Waals surface area contributed by atoms with E-state index in [1.165, 1.54) is 0 Å². The monoisotopic (exact) mass is 265 g/mol. The van der Waals surface area contributed by atoms with Crippen molar-refractivity contribution in [2.45, 2.75) is 32.7 Å². The maximum absolute atomic E-state index is 11.2. The first-order chi connectivity index (χ1) is 8.97. The molecule has 0 aromatic heterocycles. The van der Waals surface area contributed by atoms with Gasteiger partial charge in [0.25, 0.3) is 0 Å². The van der Waals surface area contributed by atoms with E-state index in [1.54, 1.807) is 7.11 Å². The molecule has 0 aliphatic rings. The summed E-state index contributed by atoms with van der Waals surface area (Å²) in [7, 11) is 1.62. The Morgan fingerprint density at radius 2 is 1.79 bits per heavy atom. The van der Waals surface area contributed by atoms with Gasteiger partial charge in [-0.25, -0.2) is 0 Å². The third kappa shape index (κ3) is 3.47. The molecule has 1 aromatic rings. The molecule has 4 heteroatoms. The lowest BCUT2D eigenvalue weighted by atomic mass is 9.86. The van der Waals surface area contributed by atoms with Gasteiger partial charge in [0.15, 0.2) is 0 Å². The summed E-state index contributed by atoms with van der Waals surface area (Å²) in [6.45, 7) is 7.70. The van der Waals surface area contributed by atoms with E-state index in [1.807, 2.05) is 45.0 Å². The number of benzene rings is 1. The SMILES string of the molecule is CCN(CC)C(C)(CC(=O)O)c1ccc(OC)cc1. The molecule has 0 saturated carbocycles. The van der Waals surface area contributed by atoms with Crippen molar-refractivity contribution >= 4 is 5.97 Å². The molecule has 4 nitrogen and oxygen atoms in total. The number of carbonyl (C=O) groups is 1. The van der Waals surface area contributed by atoms with E-state index in [0.717, 1.165) is 24.4 Å². The molecule has 0 amide bonds. The van der Waals surface area contributed by atoms with Crippen molar-refractivity contribution in [2.24, 2.45) is 0 Å². The van der Waals surface area contributed by atoms with Crippen LogP contribution in [0.15, 0.2) is 24.3 Å². The summed E-state index contributed by atoms with van der Waals surface area (Å²) in [5, 5.41) is 9.20. The van der Waals surface area contributed by atoms with Crippen molar-refractivity contribution in [1.82, 2.24) is 4.90 Å². The van der Waals surface area contributed by atoms with Crippen LogP contribution in [-0.2, 0) is 10.3 Å². The molecule has 1 unspecified atom stereocenters. The smallest absolute Gasteiger partial charge is 0.305 e. The molecule has 0 aliphatic heterocycles. The van der Waals surface area contributed by atoms with E-state index in [-0.39, 0.29) is 6.42 Å². The largest absolute Gasteiger partial charge is 0.497 e. The van der Waals surface area contributed by atoms with Crippen LogP contribution in [0.3, 0.4) is 0 Å². The van der Waals surface area contributed by atoms with Crippen molar-refractivity contribution in [3.8, 4) is 5.75 Å². The second-order valence-corrected chi connectivity index (χ2v) is 4.75. The lowest BCUT2D eigenvalue weighted by Gasteiger charge is -2.40. The van der Waals surface area contributed by atoms with E-state index in [0.29, 0.717) is 0 Å². The quantitative estimate of drug-likeness (QED) is 0.823. The summed E-state index contributed by atoms with van der Waals surface area (Å²) in [5.41, 5.74) is 0.501. The molecule has 19 heavy (non-hydrogen) atoms. The Balaban J connectivity index is 3.17. The average molecular weight is 265 g/mol. The summed E-state index contributed by atoms with van der Waals surface area (Å²) >= 11 is 0. The Morgan fingerprint density at radius 3 is 2.16 bits per heavy atom. The summed E-state index contributed by atoms with van der Waals surface area (Å²) < 4.78 is 5.15. The Morgan fingerprint density at radius 1 is 1.26 bits per heavy atom. The van der Waals surface area contributed by atoms with Crippen LogP contribution in [0.4, 0.5) is 0 Å². The van der Waals surface area contributed by atoms with Gasteiger partial charge in [-0.3, -0.25) is 9.69 Å². The van der Waals surface area contributed by atoms with Crippen molar-refractivity contribution in [2.75, 3.05) is 20.2 Å². The molecule has 1 rings (SSSR count). The maximum Gasteiger partial charge on any atom is 0.305 e. The Labute approximate surface area is 115 Å². The van der Waals surface area contributed by atoms with Crippen LogP contribution in [0.25, 0.3) is 0 Å². The normalized spacial score (nSPS) is 14.2. The standard InChI is InChI=1S/C15H23NO3/c1-5-16(6-2)15(3,11-14(17)18)12-7-9-13(19-4)10-8-12/h7-10H,5-6,11H2,1-4H3,(H,17,18). The molecule has 0 saturated heterocycles. The summed E-state index contributed by atoms with van der Waals surface area (Å²) in [4.78, 5) is 13.4. The first-order valence-electron chi connectivity index (χ1n) is 6.59. The number of methoxy groups -OCH3 is 1. The summed E-state index contributed by atoms with van der Waals surface area (Å²) in [5.74, 6) is -0.00816. The minimum Gasteiger partial charge on any atom is -0.497 e. The van der Waals surface area contributed by atoms with Crippen LogP contribution in [0, 0.1) is 0 Å². The van der Waals surface area contributed by atoms with Gasteiger partial charge in [-0.15, -0.1) is 0 Å². The predicted octanol–water partition coefficient (Wildman–Crippen LogP) is 2.73. The van der Waals surface area contributed by atoms with Crippen molar-refractivity contribution < 1.29 is 14.6 Å². The van der Waals surface area contributed by atoms with E-state index < -0.39 is 11.5 Å². The highest BCUT2D eigenvalue weighted by Crippen LogP contribution is 2.32. The minimum atomic E-state index is -0.787. The third-order valence-corrected chi connectivity index (χ3v) is 3.67. The molecular weight excluding hydrogens is 242 g/mol. The van der Waals surface area contributed by atoms with Crippen LogP contribution in [0.1, 0.15) is 32.8 Å². The number of nitrogens with zero attached hydrogens (tertiary/aromatic N) is 1. The molecule has 1 N–H and O–H groups in total. The van der Waals surface area contributed by atoms with Gasteiger partial charge in [-0.05, 0) is 37.7 Å². The molecule has 0 heterocycles. The van der Waals surface area contributed by atoms with E-state index in [9.17, 15) is 9.90 Å². The third-order valence-electron chi connectivity index (χ3n) is 3.67. The van der Waals surface area contributed by atoms with Gasteiger partial charge >= 0.3 is 5.97 Å². The number of rotatable bonds is 7. The number of aliphatic carboxylic acids is 1. The van der Waals surface area contributed by atoms with E-state index in [4.69, 9.17) is 4.74 Å². The van der Waals surface area contributed by atoms with Crippen LogP contribution in [-0.4, -0.2) is 36.2 Å². The predicted molar refractivity (Wildman–Crippen MR) is 75.5 cm³/mol. The second-order valence-electron chi connectivity index (χ2n) is 4.75. The fourth-order valence-electron chi connectivity index (χ4n) is 2.56. The number of carboxylic acid groups (broad SMARTS) is 1. The summed E-state index contributed by atoms with van der Waals surface area (Å²) in [6, 6.07) is 7.64. The lowest BCUT2D eigenvalue weighted by Crippen LogP contribution is -2.45. The zero-order chi connectivity index (χ0) is 14.5. The molecule has 1 aromatic carbocycles. The average Bonchev–Trinajstić information content (AvgIpc) is 2.39. The topological polar surface area (TPSA) is 49.8 Å². The highest BCUT2D eigenvalue weighted by atomic mass is 16.5. The fourth-order valence-corrected chi connectivity index (χ4v) is 2.56. The molecule has 106 valence electrons. The molecule has 0 bridgehead atoms. The van der Waals surface area contributed by atoms with Gasteiger partial charge in [0.05, 0.1) is 19.1 Å². The molecular formula is C15H23NO3. The van der Waals surface area contributed by atoms with Crippen LogP contribution < -0.4 is 4.74 Å². The van der Waals surface area contributed by atoms with Gasteiger partial charge in [0.1, 0.15) is 5.75 Å². The number of ether oxygens (including phenoxy) is 1. The minimum absolute atomic E-state index is 0.0843. The van der Waals surface area contributed by atoms with Crippen LogP contribution >= 0.6 is 0 Å². The molecule has 0 radical (unpaired) electrons. The molecule has 0 aliphatic carbocycles.